The first-order valence-corrected chi connectivity index (χ1v) is 6.89. The van der Waals surface area contributed by atoms with Gasteiger partial charge in [0.05, 0.1) is 24.7 Å². The van der Waals surface area contributed by atoms with Crippen LogP contribution in [0.15, 0.2) is 24.3 Å². The predicted molar refractivity (Wildman–Crippen MR) is 80.6 cm³/mol. The molecule has 1 aromatic rings. The third-order valence-electron chi connectivity index (χ3n) is 2.90. The first-order chi connectivity index (χ1) is 10.1. The largest absolute Gasteiger partial charge is 0.376 e. The van der Waals surface area contributed by atoms with Crippen LogP contribution in [0.4, 0.5) is 5.69 Å². The van der Waals surface area contributed by atoms with Crippen LogP contribution in [-0.4, -0.2) is 42.9 Å². The van der Waals surface area contributed by atoms with Crippen LogP contribution >= 0.6 is 0 Å². The zero-order chi connectivity index (χ0) is 15.7. The van der Waals surface area contributed by atoms with E-state index in [2.05, 4.69) is 10.6 Å². The number of carbonyl (C=O) groups excluding carboxylic acids is 2. The molecule has 0 aliphatic rings. The number of likely N-dealkylation sites (N-methyl/N-ethyl adjacent to an activating group) is 2. The van der Waals surface area contributed by atoms with Crippen LogP contribution in [0.25, 0.3) is 0 Å². The second-order valence-corrected chi connectivity index (χ2v) is 4.40. The Morgan fingerprint density at radius 1 is 1.24 bits per heavy atom. The number of amides is 2. The van der Waals surface area contributed by atoms with Crippen LogP contribution in [-0.2, 0) is 9.59 Å². The summed E-state index contributed by atoms with van der Waals surface area (Å²) in [6, 6.07) is 8.88. The highest BCUT2D eigenvalue weighted by Gasteiger charge is 2.14. The number of nitriles is 1. The summed E-state index contributed by atoms with van der Waals surface area (Å²) in [5.74, 6) is -0.306. The summed E-state index contributed by atoms with van der Waals surface area (Å²) in [6.07, 6.45) is 0. The smallest absolute Gasteiger partial charge is 0.242 e. The minimum atomic E-state index is -0.161. The lowest BCUT2D eigenvalue weighted by Gasteiger charge is -2.20. The summed E-state index contributed by atoms with van der Waals surface area (Å²) >= 11 is 0. The van der Waals surface area contributed by atoms with Gasteiger partial charge < -0.3 is 15.5 Å². The highest BCUT2D eigenvalue weighted by Crippen LogP contribution is 2.08. The van der Waals surface area contributed by atoms with Gasteiger partial charge in [-0.25, -0.2) is 0 Å². The van der Waals surface area contributed by atoms with Crippen LogP contribution in [0.3, 0.4) is 0 Å². The van der Waals surface area contributed by atoms with Gasteiger partial charge >= 0.3 is 0 Å². The number of hydrogen-bond acceptors (Lipinski definition) is 4. The Balaban J connectivity index is 2.50. The topological polar surface area (TPSA) is 85.2 Å². The van der Waals surface area contributed by atoms with Crippen LogP contribution < -0.4 is 10.6 Å². The van der Waals surface area contributed by atoms with E-state index in [1.807, 2.05) is 19.9 Å². The molecule has 2 amide bonds. The molecule has 0 radical (unpaired) electrons. The van der Waals surface area contributed by atoms with E-state index >= 15 is 0 Å². The Kier molecular flexibility index (Phi) is 6.75. The van der Waals surface area contributed by atoms with Crippen molar-refractivity contribution >= 4 is 17.5 Å². The molecular formula is C15H20N4O2. The normalized spacial score (nSPS) is 9.57. The van der Waals surface area contributed by atoms with Crippen LogP contribution in [0, 0.1) is 11.3 Å². The van der Waals surface area contributed by atoms with Gasteiger partial charge in [-0.3, -0.25) is 9.59 Å². The van der Waals surface area contributed by atoms with Gasteiger partial charge in [-0.05, 0) is 38.1 Å². The van der Waals surface area contributed by atoms with Gasteiger partial charge in [0.15, 0.2) is 0 Å². The fourth-order valence-electron chi connectivity index (χ4n) is 1.75. The molecule has 0 unspecified atom stereocenters. The number of rotatable bonds is 7. The van der Waals surface area contributed by atoms with E-state index in [1.165, 1.54) is 4.90 Å². The molecule has 1 aromatic carbocycles. The Hall–Kier alpha value is -2.55. The number of carbonyl (C=O) groups is 2. The van der Waals surface area contributed by atoms with Gasteiger partial charge in [0, 0.05) is 18.8 Å². The molecule has 6 nitrogen and oxygen atoms in total. The van der Waals surface area contributed by atoms with Gasteiger partial charge in [0.2, 0.25) is 11.8 Å². The zero-order valence-corrected chi connectivity index (χ0v) is 12.3. The summed E-state index contributed by atoms with van der Waals surface area (Å²) in [4.78, 5) is 25.0. The molecule has 0 aromatic heterocycles. The van der Waals surface area contributed by atoms with E-state index in [-0.39, 0.29) is 24.9 Å². The number of hydrogen-bond donors (Lipinski definition) is 2. The number of anilines is 1. The summed E-state index contributed by atoms with van der Waals surface area (Å²) in [5, 5.41) is 14.4. The molecule has 0 bridgehead atoms. The van der Waals surface area contributed by atoms with Gasteiger partial charge in [-0.15, -0.1) is 0 Å². The Morgan fingerprint density at radius 2 is 1.90 bits per heavy atom. The van der Waals surface area contributed by atoms with Crippen molar-refractivity contribution in [2.75, 3.05) is 31.5 Å². The average molecular weight is 288 g/mol. The van der Waals surface area contributed by atoms with Gasteiger partial charge in [0.1, 0.15) is 0 Å². The second kappa shape index (κ2) is 8.59. The Bertz CT molecular complexity index is 519. The molecule has 0 aliphatic heterocycles. The standard InChI is InChI=1S/C15H20N4O2/c1-3-17-14(20)11-19(4-2)15(21)10-18-13-7-5-12(9-16)6-8-13/h5-8,18H,3-4,10-11H2,1-2H3,(H,17,20). The summed E-state index contributed by atoms with van der Waals surface area (Å²) < 4.78 is 0. The summed E-state index contributed by atoms with van der Waals surface area (Å²) in [7, 11) is 0. The molecule has 0 heterocycles. The minimum Gasteiger partial charge on any atom is -0.376 e. The van der Waals surface area contributed by atoms with Crippen molar-refractivity contribution < 1.29 is 9.59 Å². The number of nitrogens with one attached hydrogen (secondary N) is 2. The highest BCUT2D eigenvalue weighted by atomic mass is 16.2. The molecule has 0 saturated carbocycles. The average Bonchev–Trinajstić information content (AvgIpc) is 2.51. The van der Waals surface area contributed by atoms with Crippen LogP contribution in [0.1, 0.15) is 19.4 Å². The van der Waals surface area contributed by atoms with E-state index in [9.17, 15) is 9.59 Å². The number of benzene rings is 1. The molecule has 0 spiro atoms. The molecule has 0 atom stereocenters. The molecule has 1 rings (SSSR count). The third-order valence-corrected chi connectivity index (χ3v) is 2.90. The van der Waals surface area contributed by atoms with Crippen LogP contribution in [0.5, 0.6) is 0 Å². The second-order valence-electron chi connectivity index (χ2n) is 4.40. The fraction of sp³-hybridized carbons (Fsp3) is 0.400. The maximum Gasteiger partial charge on any atom is 0.242 e. The Labute approximate surface area is 124 Å². The van der Waals surface area contributed by atoms with E-state index in [0.29, 0.717) is 18.7 Å². The van der Waals surface area contributed by atoms with Gasteiger partial charge in [-0.2, -0.15) is 5.26 Å². The van der Waals surface area contributed by atoms with Gasteiger partial charge in [-0.1, -0.05) is 0 Å². The SMILES string of the molecule is CCNC(=O)CN(CC)C(=O)CNc1ccc(C#N)cc1. The first kappa shape index (κ1) is 16.5. The molecule has 0 saturated heterocycles. The quantitative estimate of drug-likeness (QED) is 0.782. The van der Waals surface area contributed by atoms with Crippen LogP contribution in [0.2, 0.25) is 0 Å². The molecule has 0 aliphatic carbocycles. The van der Waals surface area contributed by atoms with Crippen molar-refractivity contribution in [1.82, 2.24) is 10.2 Å². The van der Waals surface area contributed by atoms with Gasteiger partial charge in [0.25, 0.3) is 0 Å². The maximum atomic E-state index is 12.0. The highest BCUT2D eigenvalue weighted by molar-refractivity contribution is 5.86. The molecule has 21 heavy (non-hydrogen) atoms. The lowest BCUT2D eigenvalue weighted by Crippen LogP contribution is -2.42. The molecular weight excluding hydrogens is 268 g/mol. The fourth-order valence-corrected chi connectivity index (χ4v) is 1.75. The van der Waals surface area contributed by atoms with Crippen molar-refractivity contribution in [3.05, 3.63) is 29.8 Å². The summed E-state index contributed by atoms with van der Waals surface area (Å²) in [5.41, 5.74) is 1.33. The molecule has 6 heteroatoms. The van der Waals surface area contributed by atoms with Crippen molar-refractivity contribution in [3.8, 4) is 6.07 Å². The monoisotopic (exact) mass is 288 g/mol. The van der Waals surface area contributed by atoms with E-state index < -0.39 is 0 Å². The van der Waals surface area contributed by atoms with E-state index in [4.69, 9.17) is 5.26 Å². The molecule has 112 valence electrons. The van der Waals surface area contributed by atoms with E-state index in [1.54, 1.807) is 24.3 Å². The van der Waals surface area contributed by atoms with Crippen molar-refractivity contribution in [3.63, 3.8) is 0 Å². The summed E-state index contributed by atoms with van der Waals surface area (Å²) in [6.45, 7) is 4.87. The lowest BCUT2D eigenvalue weighted by molar-refractivity contribution is -0.134. The predicted octanol–water partition coefficient (Wildman–Crippen LogP) is 0.955. The third kappa shape index (κ3) is 5.53. The lowest BCUT2D eigenvalue weighted by atomic mass is 10.2. The van der Waals surface area contributed by atoms with Crippen molar-refractivity contribution in [2.45, 2.75) is 13.8 Å². The zero-order valence-electron chi connectivity index (χ0n) is 12.3. The first-order valence-electron chi connectivity index (χ1n) is 6.89. The van der Waals surface area contributed by atoms with E-state index in [0.717, 1.165) is 5.69 Å². The van der Waals surface area contributed by atoms with Crippen molar-refractivity contribution in [1.29, 1.82) is 5.26 Å². The Morgan fingerprint density at radius 3 is 2.43 bits per heavy atom. The van der Waals surface area contributed by atoms with Crippen molar-refractivity contribution in [2.24, 2.45) is 0 Å². The minimum absolute atomic E-state index is 0.0677. The maximum absolute atomic E-state index is 12.0. The molecule has 2 N–H and O–H groups in total. The molecule has 0 fully saturated rings. The number of nitrogens with zero attached hydrogens (tertiary/aromatic N) is 2.